The van der Waals surface area contributed by atoms with Gasteiger partial charge in [0.15, 0.2) is 0 Å². The van der Waals surface area contributed by atoms with E-state index < -0.39 is 0 Å². The first-order valence-electron chi connectivity index (χ1n) is 6.60. The summed E-state index contributed by atoms with van der Waals surface area (Å²) in [6, 6.07) is 0. The standard InChI is InChI=1S/C13H21NO.C2H6/c1-4-11(3)9-12(5-2)15-13-7-6-8-14-10-13;1-2/h4-5,9,13-14H,1,6-8,10H2,2-3H3;1-2H3/b11-9-,12-5+;. The minimum atomic E-state index is 0.318. The largest absolute Gasteiger partial charge is 0.489 e. The molecule has 1 atom stereocenters. The molecule has 98 valence electrons. The molecule has 1 N–H and O–H groups in total. The molecule has 0 aromatic heterocycles. The maximum Gasteiger partial charge on any atom is 0.115 e. The van der Waals surface area contributed by atoms with Crippen LogP contribution in [-0.4, -0.2) is 19.2 Å². The van der Waals surface area contributed by atoms with Crippen molar-refractivity contribution in [1.82, 2.24) is 5.32 Å². The maximum atomic E-state index is 5.89. The molecule has 1 rings (SSSR count). The van der Waals surface area contributed by atoms with Crippen LogP contribution in [0.25, 0.3) is 0 Å². The average molecular weight is 237 g/mol. The molecule has 0 aromatic carbocycles. The second-order valence-corrected chi connectivity index (χ2v) is 3.87. The molecular weight excluding hydrogens is 210 g/mol. The van der Waals surface area contributed by atoms with Crippen LogP contribution < -0.4 is 5.32 Å². The highest BCUT2D eigenvalue weighted by molar-refractivity contribution is 5.23. The molecule has 1 fully saturated rings. The molecule has 0 amide bonds. The fourth-order valence-electron chi connectivity index (χ4n) is 1.58. The summed E-state index contributed by atoms with van der Waals surface area (Å²) >= 11 is 0. The van der Waals surface area contributed by atoms with Gasteiger partial charge < -0.3 is 10.1 Å². The Hall–Kier alpha value is -1.02. The smallest absolute Gasteiger partial charge is 0.115 e. The van der Waals surface area contributed by atoms with Crippen molar-refractivity contribution in [2.45, 2.75) is 46.6 Å². The van der Waals surface area contributed by atoms with Gasteiger partial charge >= 0.3 is 0 Å². The van der Waals surface area contributed by atoms with Gasteiger partial charge in [-0.05, 0) is 51.0 Å². The van der Waals surface area contributed by atoms with Crippen LogP contribution in [0.5, 0.6) is 0 Å². The summed E-state index contributed by atoms with van der Waals surface area (Å²) in [5, 5.41) is 3.34. The van der Waals surface area contributed by atoms with Crippen molar-refractivity contribution < 1.29 is 4.74 Å². The number of nitrogens with one attached hydrogen (secondary N) is 1. The number of hydrogen-bond donors (Lipinski definition) is 1. The Morgan fingerprint density at radius 1 is 1.41 bits per heavy atom. The zero-order valence-electron chi connectivity index (χ0n) is 11.8. The summed E-state index contributed by atoms with van der Waals surface area (Å²) in [4.78, 5) is 0. The van der Waals surface area contributed by atoms with Crippen molar-refractivity contribution in [2.24, 2.45) is 0 Å². The Morgan fingerprint density at radius 2 is 2.12 bits per heavy atom. The Bertz CT molecular complexity index is 260. The van der Waals surface area contributed by atoms with Crippen LogP contribution >= 0.6 is 0 Å². The molecule has 1 aliphatic rings. The van der Waals surface area contributed by atoms with Gasteiger partial charge in [-0.25, -0.2) is 0 Å². The third-order valence-electron chi connectivity index (χ3n) is 2.53. The van der Waals surface area contributed by atoms with Crippen molar-refractivity contribution in [3.05, 3.63) is 36.1 Å². The zero-order valence-corrected chi connectivity index (χ0v) is 11.8. The molecule has 0 radical (unpaired) electrons. The van der Waals surface area contributed by atoms with E-state index in [0.717, 1.165) is 30.8 Å². The van der Waals surface area contributed by atoms with Crippen molar-refractivity contribution in [3.8, 4) is 0 Å². The normalized spacial score (nSPS) is 21.3. The third kappa shape index (κ3) is 7.01. The van der Waals surface area contributed by atoms with Gasteiger partial charge in [0.05, 0.1) is 0 Å². The van der Waals surface area contributed by atoms with E-state index in [1.165, 1.54) is 6.42 Å². The molecule has 1 saturated heterocycles. The van der Waals surface area contributed by atoms with Gasteiger partial charge in [0, 0.05) is 6.54 Å². The van der Waals surface area contributed by atoms with Crippen LogP contribution in [0.2, 0.25) is 0 Å². The van der Waals surface area contributed by atoms with Crippen LogP contribution in [0.4, 0.5) is 0 Å². The fraction of sp³-hybridized carbons (Fsp3) is 0.600. The predicted octanol–water partition coefficient (Wildman–Crippen LogP) is 3.82. The van der Waals surface area contributed by atoms with Crippen LogP contribution in [0.3, 0.4) is 0 Å². The lowest BCUT2D eigenvalue weighted by molar-refractivity contribution is 0.100. The molecule has 0 spiro atoms. The molecule has 2 nitrogen and oxygen atoms in total. The molecule has 17 heavy (non-hydrogen) atoms. The molecule has 1 unspecified atom stereocenters. The molecular formula is C15H27NO. The highest BCUT2D eigenvalue weighted by Gasteiger charge is 2.14. The van der Waals surface area contributed by atoms with E-state index in [1.807, 2.05) is 45.9 Å². The minimum Gasteiger partial charge on any atom is -0.489 e. The number of piperidine rings is 1. The van der Waals surface area contributed by atoms with E-state index in [-0.39, 0.29) is 0 Å². The molecule has 0 aliphatic carbocycles. The van der Waals surface area contributed by atoms with Gasteiger partial charge in [-0.3, -0.25) is 0 Å². The van der Waals surface area contributed by atoms with E-state index >= 15 is 0 Å². The first kappa shape index (κ1) is 16.0. The Labute approximate surface area is 106 Å². The molecule has 1 heterocycles. The lowest BCUT2D eigenvalue weighted by atomic mass is 10.1. The second kappa shape index (κ2) is 10.2. The average Bonchev–Trinajstić information content (AvgIpc) is 2.41. The van der Waals surface area contributed by atoms with E-state index in [9.17, 15) is 0 Å². The van der Waals surface area contributed by atoms with Crippen molar-refractivity contribution in [3.63, 3.8) is 0 Å². The minimum absolute atomic E-state index is 0.318. The summed E-state index contributed by atoms with van der Waals surface area (Å²) in [7, 11) is 0. The van der Waals surface area contributed by atoms with Crippen molar-refractivity contribution in [1.29, 1.82) is 0 Å². The van der Waals surface area contributed by atoms with Gasteiger partial charge in [-0.2, -0.15) is 0 Å². The lowest BCUT2D eigenvalue weighted by Gasteiger charge is -2.24. The van der Waals surface area contributed by atoms with E-state index in [4.69, 9.17) is 4.74 Å². The second-order valence-electron chi connectivity index (χ2n) is 3.87. The molecule has 2 heteroatoms. The van der Waals surface area contributed by atoms with Gasteiger partial charge in [-0.15, -0.1) is 0 Å². The van der Waals surface area contributed by atoms with Crippen LogP contribution in [0.15, 0.2) is 36.1 Å². The SMILES string of the molecule is C=C/C(C)=C\C(=C/C)OC1CCCNC1.CC. The Kier molecular flexibility index (Phi) is 9.55. The third-order valence-corrected chi connectivity index (χ3v) is 2.53. The summed E-state index contributed by atoms with van der Waals surface area (Å²) in [6.45, 7) is 13.8. The quantitative estimate of drug-likeness (QED) is 0.593. The number of allylic oxidation sites excluding steroid dienone is 4. The van der Waals surface area contributed by atoms with E-state index in [0.29, 0.717) is 6.10 Å². The molecule has 0 saturated carbocycles. The number of rotatable bonds is 4. The first-order chi connectivity index (χ1) is 8.26. The van der Waals surface area contributed by atoms with E-state index in [1.54, 1.807) is 0 Å². The van der Waals surface area contributed by atoms with Gasteiger partial charge in [-0.1, -0.05) is 26.5 Å². The van der Waals surface area contributed by atoms with Crippen LogP contribution in [-0.2, 0) is 4.74 Å². The first-order valence-corrected chi connectivity index (χ1v) is 6.60. The monoisotopic (exact) mass is 237 g/mol. The lowest BCUT2D eigenvalue weighted by Crippen LogP contribution is -2.35. The highest BCUT2D eigenvalue weighted by Crippen LogP contribution is 2.13. The van der Waals surface area contributed by atoms with Gasteiger partial charge in [0.2, 0.25) is 0 Å². The van der Waals surface area contributed by atoms with Gasteiger partial charge in [0.25, 0.3) is 0 Å². The van der Waals surface area contributed by atoms with Crippen molar-refractivity contribution in [2.75, 3.05) is 13.1 Å². The highest BCUT2D eigenvalue weighted by atomic mass is 16.5. The summed E-state index contributed by atoms with van der Waals surface area (Å²) in [5.41, 5.74) is 1.13. The predicted molar refractivity (Wildman–Crippen MR) is 76.0 cm³/mol. The van der Waals surface area contributed by atoms with Crippen LogP contribution in [0, 0.1) is 0 Å². The topological polar surface area (TPSA) is 21.3 Å². The molecule has 0 aromatic rings. The fourth-order valence-corrected chi connectivity index (χ4v) is 1.58. The molecule has 1 aliphatic heterocycles. The maximum absolute atomic E-state index is 5.89. The number of hydrogen-bond acceptors (Lipinski definition) is 2. The van der Waals surface area contributed by atoms with Gasteiger partial charge in [0.1, 0.15) is 11.9 Å². The molecule has 0 bridgehead atoms. The van der Waals surface area contributed by atoms with Crippen LogP contribution in [0.1, 0.15) is 40.5 Å². The Balaban J connectivity index is 0.00000121. The summed E-state index contributed by atoms with van der Waals surface area (Å²) < 4.78 is 5.89. The van der Waals surface area contributed by atoms with E-state index in [2.05, 4.69) is 11.9 Å². The summed E-state index contributed by atoms with van der Waals surface area (Å²) in [6.07, 6.45) is 8.53. The Morgan fingerprint density at radius 3 is 2.59 bits per heavy atom. The zero-order chi connectivity index (χ0) is 13.1. The number of ether oxygens (including phenoxy) is 1. The van der Waals surface area contributed by atoms with Crippen molar-refractivity contribution >= 4 is 0 Å². The summed E-state index contributed by atoms with van der Waals surface area (Å²) in [5.74, 6) is 0.945.